The first kappa shape index (κ1) is 25.9. The fourth-order valence-corrected chi connectivity index (χ4v) is 4.26. The second-order valence-corrected chi connectivity index (χ2v) is 9.19. The Morgan fingerprint density at radius 3 is 2.19 bits per heavy atom. The highest BCUT2D eigenvalue weighted by atomic mass is 19.4. The number of carboxylic acid groups (broad SMARTS) is 1. The summed E-state index contributed by atoms with van der Waals surface area (Å²) in [4.78, 5) is 24.7. The molecule has 1 heterocycles. The molecule has 6 nitrogen and oxygen atoms in total. The van der Waals surface area contributed by atoms with Crippen LogP contribution in [0.25, 0.3) is 10.9 Å². The molecule has 0 saturated heterocycles. The fourth-order valence-electron chi connectivity index (χ4n) is 4.26. The number of aromatic nitrogens is 2. The van der Waals surface area contributed by atoms with Gasteiger partial charge in [-0.2, -0.15) is 18.3 Å². The summed E-state index contributed by atoms with van der Waals surface area (Å²) in [5.74, 6) is -1.39. The third kappa shape index (κ3) is 5.50. The number of alkyl halides is 3. The quantitative estimate of drug-likeness (QED) is 0.301. The number of carboxylic acids is 1. The van der Waals surface area contributed by atoms with E-state index in [4.69, 9.17) is 5.11 Å². The first-order chi connectivity index (χ1) is 17.5. The Balaban J connectivity index is 1.69. The molecule has 0 unspecified atom stereocenters. The maximum absolute atomic E-state index is 13.6. The molecule has 0 saturated carbocycles. The second-order valence-electron chi connectivity index (χ2n) is 9.19. The minimum atomic E-state index is -4.41. The molecular formula is C28H26F3N3O3. The van der Waals surface area contributed by atoms with Crippen LogP contribution in [-0.2, 0) is 12.6 Å². The average molecular weight is 510 g/mol. The van der Waals surface area contributed by atoms with E-state index in [0.717, 1.165) is 23.3 Å². The fraction of sp³-hybridized carbons (Fsp3) is 0.250. The summed E-state index contributed by atoms with van der Waals surface area (Å²) >= 11 is 0. The molecule has 3 aromatic carbocycles. The highest BCUT2D eigenvalue weighted by Crippen LogP contribution is 2.31. The van der Waals surface area contributed by atoms with Crippen molar-refractivity contribution in [1.29, 1.82) is 0 Å². The Hall–Kier alpha value is -4.14. The molecule has 4 rings (SSSR count). The van der Waals surface area contributed by atoms with E-state index in [2.05, 4.69) is 10.4 Å². The molecule has 37 heavy (non-hydrogen) atoms. The lowest BCUT2D eigenvalue weighted by Gasteiger charge is -2.17. The van der Waals surface area contributed by atoms with Gasteiger partial charge in [-0.25, -0.2) is 4.79 Å². The SMILES string of the molecule is CC(C)n1nc2cccc(Cc3ccc(C(F)(F)F)cc3)c2c1C(=O)N[C@@H](C)c1ccc(C(=O)O)cc1. The van der Waals surface area contributed by atoms with Gasteiger partial charge in [-0.3, -0.25) is 9.48 Å². The van der Waals surface area contributed by atoms with Gasteiger partial charge in [-0.1, -0.05) is 36.4 Å². The largest absolute Gasteiger partial charge is 0.478 e. The second kappa shape index (κ2) is 10.1. The topological polar surface area (TPSA) is 84.2 Å². The van der Waals surface area contributed by atoms with Gasteiger partial charge in [0.05, 0.1) is 22.7 Å². The lowest BCUT2D eigenvalue weighted by Crippen LogP contribution is -2.29. The standard InChI is InChI=1S/C28H26F3N3O3/c1-16(2)34-25(26(35)32-17(3)19-9-11-20(12-10-19)27(36)37)24-21(5-4-6-23(24)33-34)15-18-7-13-22(14-8-18)28(29,30)31/h4-14,16-17H,15H2,1-3H3,(H,32,35)(H,36,37)/t17-/m0/s1. The maximum atomic E-state index is 13.6. The van der Waals surface area contributed by atoms with Crippen LogP contribution in [0.4, 0.5) is 13.2 Å². The Bertz CT molecular complexity index is 1440. The number of fused-ring (bicyclic) bond motifs is 1. The van der Waals surface area contributed by atoms with Crippen LogP contribution >= 0.6 is 0 Å². The van der Waals surface area contributed by atoms with Crippen LogP contribution in [0.3, 0.4) is 0 Å². The highest BCUT2D eigenvalue weighted by Gasteiger charge is 2.30. The molecule has 0 spiro atoms. The predicted molar refractivity (Wildman–Crippen MR) is 134 cm³/mol. The van der Waals surface area contributed by atoms with E-state index in [9.17, 15) is 22.8 Å². The van der Waals surface area contributed by atoms with Crippen LogP contribution < -0.4 is 5.32 Å². The van der Waals surface area contributed by atoms with Gasteiger partial charge in [0.25, 0.3) is 5.91 Å². The van der Waals surface area contributed by atoms with Gasteiger partial charge in [0.2, 0.25) is 0 Å². The normalized spacial score (nSPS) is 12.6. The molecule has 192 valence electrons. The van der Waals surface area contributed by atoms with Crippen molar-refractivity contribution >= 4 is 22.8 Å². The molecule has 9 heteroatoms. The summed E-state index contributed by atoms with van der Waals surface area (Å²) in [5, 5.41) is 17.4. The van der Waals surface area contributed by atoms with E-state index in [1.807, 2.05) is 26.0 Å². The lowest BCUT2D eigenvalue weighted by molar-refractivity contribution is -0.137. The smallest absolute Gasteiger partial charge is 0.416 e. The lowest BCUT2D eigenvalue weighted by atomic mass is 9.98. The molecule has 0 fully saturated rings. The van der Waals surface area contributed by atoms with Gasteiger partial charge in [0.1, 0.15) is 5.69 Å². The van der Waals surface area contributed by atoms with E-state index in [1.54, 1.807) is 29.8 Å². The summed E-state index contributed by atoms with van der Waals surface area (Å²) in [6.45, 7) is 5.62. The number of benzene rings is 3. The molecule has 1 atom stereocenters. The van der Waals surface area contributed by atoms with Crippen LogP contribution in [0.2, 0.25) is 0 Å². The molecule has 4 aromatic rings. The van der Waals surface area contributed by atoms with Crippen molar-refractivity contribution in [2.45, 2.75) is 45.5 Å². The molecule has 0 bridgehead atoms. The number of aromatic carboxylic acids is 1. The number of nitrogens with zero attached hydrogens (tertiary/aromatic N) is 2. The third-order valence-corrected chi connectivity index (χ3v) is 6.20. The van der Waals surface area contributed by atoms with Crippen molar-refractivity contribution in [3.63, 3.8) is 0 Å². The molecule has 0 aliphatic heterocycles. The van der Waals surface area contributed by atoms with Crippen molar-refractivity contribution in [2.24, 2.45) is 0 Å². The zero-order valence-electron chi connectivity index (χ0n) is 20.5. The van der Waals surface area contributed by atoms with Crippen molar-refractivity contribution < 1.29 is 27.9 Å². The monoisotopic (exact) mass is 509 g/mol. The number of nitrogens with one attached hydrogen (secondary N) is 1. The van der Waals surface area contributed by atoms with E-state index in [0.29, 0.717) is 28.6 Å². The van der Waals surface area contributed by atoms with Gasteiger partial charge in [-0.15, -0.1) is 0 Å². The van der Waals surface area contributed by atoms with Crippen molar-refractivity contribution in [2.75, 3.05) is 0 Å². The number of carbonyl (C=O) groups is 2. The average Bonchev–Trinajstić information content (AvgIpc) is 3.25. The Labute approximate surface area is 211 Å². The first-order valence-corrected chi connectivity index (χ1v) is 11.8. The van der Waals surface area contributed by atoms with Gasteiger partial charge < -0.3 is 10.4 Å². The maximum Gasteiger partial charge on any atom is 0.416 e. The van der Waals surface area contributed by atoms with Gasteiger partial charge in [-0.05, 0) is 74.2 Å². The summed E-state index contributed by atoms with van der Waals surface area (Å²) in [6.07, 6.45) is -4.08. The molecule has 1 amide bonds. The van der Waals surface area contributed by atoms with Crippen molar-refractivity contribution in [1.82, 2.24) is 15.1 Å². The van der Waals surface area contributed by atoms with E-state index in [-0.39, 0.29) is 17.5 Å². The van der Waals surface area contributed by atoms with E-state index < -0.39 is 23.8 Å². The number of halogens is 3. The number of carbonyl (C=O) groups excluding carboxylic acids is 1. The number of hydrogen-bond donors (Lipinski definition) is 2. The summed E-state index contributed by atoms with van der Waals surface area (Å²) in [7, 11) is 0. The Kier molecular flexibility index (Phi) is 7.07. The molecule has 0 aliphatic rings. The van der Waals surface area contributed by atoms with Crippen molar-refractivity contribution in [3.8, 4) is 0 Å². The third-order valence-electron chi connectivity index (χ3n) is 6.20. The number of amides is 1. The minimum Gasteiger partial charge on any atom is -0.478 e. The van der Waals surface area contributed by atoms with Crippen LogP contribution in [0.5, 0.6) is 0 Å². The van der Waals surface area contributed by atoms with Crippen LogP contribution in [-0.4, -0.2) is 26.8 Å². The van der Waals surface area contributed by atoms with Crippen LogP contribution in [0, 0.1) is 0 Å². The molecule has 2 N–H and O–H groups in total. The molecule has 0 aliphatic carbocycles. The molecular weight excluding hydrogens is 483 g/mol. The van der Waals surface area contributed by atoms with Crippen LogP contribution in [0.1, 0.15) is 76.0 Å². The molecule has 0 radical (unpaired) electrons. The minimum absolute atomic E-state index is 0.128. The van der Waals surface area contributed by atoms with Gasteiger partial charge in [0.15, 0.2) is 0 Å². The van der Waals surface area contributed by atoms with Gasteiger partial charge in [0, 0.05) is 11.4 Å². The number of rotatable bonds is 7. The summed E-state index contributed by atoms with van der Waals surface area (Å²) < 4.78 is 40.6. The zero-order valence-corrected chi connectivity index (χ0v) is 20.5. The summed E-state index contributed by atoms with van der Waals surface area (Å²) in [5.41, 5.74) is 2.60. The highest BCUT2D eigenvalue weighted by molar-refractivity contribution is 6.06. The van der Waals surface area contributed by atoms with Crippen molar-refractivity contribution in [3.05, 3.63) is 100 Å². The Morgan fingerprint density at radius 2 is 1.62 bits per heavy atom. The van der Waals surface area contributed by atoms with Crippen LogP contribution in [0.15, 0.2) is 66.7 Å². The predicted octanol–water partition coefficient (Wildman–Crippen LogP) is 6.42. The Morgan fingerprint density at radius 1 is 0.973 bits per heavy atom. The van der Waals surface area contributed by atoms with Gasteiger partial charge >= 0.3 is 12.1 Å². The van der Waals surface area contributed by atoms with E-state index >= 15 is 0 Å². The molecule has 1 aromatic heterocycles. The zero-order chi connectivity index (χ0) is 26.9. The van der Waals surface area contributed by atoms with E-state index in [1.165, 1.54) is 24.3 Å². The number of hydrogen-bond acceptors (Lipinski definition) is 3. The first-order valence-electron chi connectivity index (χ1n) is 11.8. The summed E-state index contributed by atoms with van der Waals surface area (Å²) in [6, 6.07) is 16.2.